The lowest BCUT2D eigenvalue weighted by Crippen LogP contribution is -2.48. The van der Waals surface area contributed by atoms with Crippen LogP contribution in [0.1, 0.15) is 46.0 Å². The lowest BCUT2D eigenvalue weighted by molar-refractivity contribution is -0.136. The molecule has 3 nitrogen and oxygen atoms in total. The Balaban J connectivity index is 2.10. The predicted octanol–water partition coefficient (Wildman–Crippen LogP) is 2.37. The molecule has 1 heterocycles. The zero-order valence-corrected chi connectivity index (χ0v) is 12.0. The zero-order chi connectivity index (χ0) is 13.3. The lowest BCUT2D eigenvalue weighted by atomic mass is 9.71. The van der Waals surface area contributed by atoms with E-state index in [0.29, 0.717) is 17.8 Å². The standard InChI is InChI=1S/C14H21NO2S/c1-14(2)8-10(16)12(11(17)9-14)13(18)15-6-4-3-5-7-15/h12H,3-9H2,1-2H3. The summed E-state index contributed by atoms with van der Waals surface area (Å²) >= 11 is 5.41. The topological polar surface area (TPSA) is 37.4 Å². The van der Waals surface area contributed by atoms with Crippen molar-refractivity contribution in [3.63, 3.8) is 0 Å². The van der Waals surface area contributed by atoms with Crippen molar-refractivity contribution >= 4 is 28.8 Å². The van der Waals surface area contributed by atoms with Crippen LogP contribution in [0.15, 0.2) is 0 Å². The zero-order valence-electron chi connectivity index (χ0n) is 11.2. The molecule has 0 aromatic rings. The normalized spacial score (nSPS) is 25.3. The van der Waals surface area contributed by atoms with Crippen LogP contribution < -0.4 is 0 Å². The molecule has 1 aliphatic carbocycles. The molecule has 1 saturated heterocycles. The first-order chi connectivity index (χ1) is 8.41. The van der Waals surface area contributed by atoms with Crippen molar-refractivity contribution in [2.75, 3.05) is 13.1 Å². The molecule has 0 aromatic carbocycles. The molecule has 0 N–H and O–H groups in total. The van der Waals surface area contributed by atoms with Gasteiger partial charge in [-0.1, -0.05) is 26.1 Å². The number of ketones is 2. The Morgan fingerprint density at radius 2 is 1.61 bits per heavy atom. The first-order valence-corrected chi connectivity index (χ1v) is 7.16. The third kappa shape index (κ3) is 2.79. The summed E-state index contributed by atoms with van der Waals surface area (Å²) < 4.78 is 0. The molecule has 2 rings (SSSR count). The van der Waals surface area contributed by atoms with Crippen molar-refractivity contribution in [3.8, 4) is 0 Å². The van der Waals surface area contributed by atoms with Crippen molar-refractivity contribution in [2.45, 2.75) is 46.0 Å². The van der Waals surface area contributed by atoms with Gasteiger partial charge in [0, 0.05) is 25.9 Å². The van der Waals surface area contributed by atoms with E-state index in [0.717, 1.165) is 25.9 Å². The summed E-state index contributed by atoms with van der Waals surface area (Å²) in [5, 5.41) is 0. The van der Waals surface area contributed by atoms with Crippen molar-refractivity contribution in [2.24, 2.45) is 11.3 Å². The number of hydrogen-bond donors (Lipinski definition) is 0. The maximum absolute atomic E-state index is 12.2. The Morgan fingerprint density at radius 1 is 1.11 bits per heavy atom. The van der Waals surface area contributed by atoms with Gasteiger partial charge in [-0.25, -0.2) is 0 Å². The highest BCUT2D eigenvalue weighted by Crippen LogP contribution is 2.35. The summed E-state index contributed by atoms with van der Waals surface area (Å²) in [5.41, 5.74) is -0.192. The van der Waals surface area contributed by atoms with Gasteiger partial charge in [-0.2, -0.15) is 0 Å². The number of hydrogen-bond acceptors (Lipinski definition) is 3. The number of rotatable bonds is 1. The van der Waals surface area contributed by atoms with Gasteiger partial charge in [-0.3, -0.25) is 9.59 Å². The van der Waals surface area contributed by atoms with Gasteiger partial charge in [0.2, 0.25) is 0 Å². The van der Waals surface area contributed by atoms with Crippen LogP contribution in [0.5, 0.6) is 0 Å². The van der Waals surface area contributed by atoms with Crippen molar-refractivity contribution in [1.29, 1.82) is 0 Å². The number of likely N-dealkylation sites (tertiary alicyclic amines) is 1. The first-order valence-electron chi connectivity index (χ1n) is 6.75. The summed E-state index contributed by atoms with van der Waals surface area (Å²) in [5.74, 6) is -0.593. The molecule has 0 spiro atoms. The highest BCUT2D eigenvalue weighted by Gasteiger charge is 2.42. The van der Waals surface area contributed by atoms with Gasteiger partial charge in [0.15, 0.2) is 11.6 Å². The summed E-state index contributed by atoms with van der Waals surface area (Å²) in [4.78, 5) is 27.0. The van der Waals surface area contributed by atoms with Gasteiger partial charge < -0.3 is 4.90 Å². The summed E-state index contributed by atoms with van der Waals surface area (Å²) in [6.07, 6.45) is 4.38. The highest BCUT2D eigenvalue weighted by molar-refractivity contribution is 7.80. The fraction of sp³-hybridized carbons (Fsp3) is 0.786. The van der Waals surface area contributed by atoms with E-state index >= 15 is 0 Å². The van der Waals surface area contributed by atoms with Gasteiger partial charge in [0.1, 0.15) is 5.92 Å². The fourth-order valence-electron chi connectivity index (χ4n) is 2.96. The van der Waals surface area contributed by atoms with Crippen LogP contribution in [0.3, 0.4) is 0 Å². The maximum atomic E-state index is 12.2. The third-order valence-corrected chi connectivity index (χ3v) is 4.36. The Labute approximate surface area is 114 Å². The molecule has 100 valence electrons. The summed E-state index contributed by atoms with van der Waals surface area (Å²) in [6, 6.07) is 0. The minimum Gasteiger partial charge on any atom is -0.365 e. The Kier molecular flexibility index (Phi) is 3.85. The largest absolute Gasteiger partial charge is 0.365 e. The number of carbonyl (C=O) groups excluding carboxylic acids is 2. The van der Waals surface area contributed by atoms with E-state index in [-0.39, 0.29) is 17.0 Å². The number of nitrogens with zero attached hydrogens (tertiary/aromatic N) is 1. The van der Waals surface area contributed by atoms with Crippen LogP contribution >= 0.6 is 12.2 Å². The van der Waals surface area contributed by atoms with Crippen molar-refractivity contribution in [1.82, 2.24) is 4.90 Å². The van der Waals surface area contributed by atoms with Crippen molar-refractivity contribution in [3.05, 3.63) is 0 Å². The van der Waals surface area contributed by atoms with E-state index in [4.69, 9.17) is 12.2 Å². The monoisotopic (exact) mass is 267 g/mol. The molecular weight excluding hydrogens is 246 g/mol. The van der Waals surface area contributed by atoms with E-state index in [9.17, 15) is 9.59 Å². The maximum Gasteiger partial charge on any atom is 0.150 e. The Bertz CT molecular complexity index is 363. The van der Waals surface area contributed by atoms with Gasteiger partial charge in [0.05, 0.1) is 4.99 Å². The number of piperidine rings is 1. The number of carbonyl (C=O) groups is 2. The average molecular weight is 267 g/mol. The molecule has 4 heteroatoms. The van der Waals surface area contributed by atoms with Gasteiger partial charge in [0.25, 0.3) is 0 Å². The molecule has 0 aromatic heterocycles. The van der Waals surface area contributed by atoms with E-state index in [1.807, 2.05) is 13.8 Å². The molecule has 2 fully saturated rings. The Morgan fingerprint density at radius 3 is 2.11 bits per heavy atom. The van der Waals surface area contributed by atoms with Gasteiger partial charge >= 0.3 is 0 Å². The lowest BCUT2D eigenvalue weighted by Gasteiger charge is -2.37. The highest BCUT2D eigenvalue weighted by atomic mass is 32.1. The van der Waals surface area contributed by atoms with Gasteiger partial charge in [-0.15, -0.1) is 0 Å². The third-order valence-electron chi connectivity index (χ3n) is 3.86. The molecule has 18 heavy (non-hydrogen) atoms. The Hall–Kier alpha value is -0.770. The first kappa shape index (κ1) is 13.7. The van der Waals surface area contributed by atoms with E-state index in [1.165, 1.54) is 6.42 Å². The molecule has 1 aliphatic heterocycles. The van der Waals surface area contributed by atoms with Gasteiger partial charge in [-0.05, 0) is 24.7 Å². The molecule has 0 unspecified atom stereocenters. The van der Waals surface area contributed by atoms with E-state index in [2.05, 4.69) is 4.90 Å². The fourth-order valence-corrected chi connectivity index (χ4v) is 3.41. The van der Waals surface area contributed by atoms with Crippen molar-refractivity contribution < 1.29 is 9.59 Å². The molecule has 1 saturated carbocycles. The minimum absolute atomic E-state index is 0.0202. The summed E-state index contributed by atoms with van der Waals surface area (Å²) in [7, 11) is 0. The average Bonchev–Trinajstić information content (AvgIpc) is 2.27. The van der Waals surface area contributed by atoms with Crippen LogP contribution in [0.25, 0.3) is 0 Å². The van der Waals surface area contributed by atoms with Crippen LogP contribution in [0, 0.1) is 11.3 Å². The number of thiocarbonyl (C=S) groups is 1. The molecule has 2 aliphatic rings. The van der Waals surface area contributed by atoms with Crippen LogP contribution in [-0.2, 0) is 9.59 Å². The second-order valence-corrected chi connectivity index (χ2v) is 6.69. The predicted molar refractivity (Wildman–Crippen MR) is 74.5 cm³/mol. The SMILES string of the molecule is CC1(C)CC(=O)C(C(=S)N2CCCCC2)C(=O)C1. The van der Waals surface area contributed by atoms with E-state index in [1.54, 1.807) is 0 Å². The second-order valence-electron chi connectivity index (χ2n) is 6.27. The smallest absolute Gasteiger partial charge is 0.150 e. The second kappa shape index (κ2) is 5.08. The molecule has 0 amide bonds. The van der Waals surface area contributed by atoms with E-state index < -0.39 is 5.92 Å². The molecule has 0 atom stereocenters. The molecular formula is C14H21NO2S. The van der Waals surface area contributed by atoms with Crippen LogP contribution in [-0.4, -0.2) is 34.5 Å². The molecule has 0 bridgehead atoms. The number of Topliss-reactive ketones (excluding diaryl/α,β-unsaturated/α-hetero) is 2. The molecule has 0 radical (unpaired) electrons. The quantitative estimate of drug-likeness (QED) is 0.540. The summed E-state index contributed by atoms with van der Waals surface area (Å²) in [6.45, 7) is 5.75. The minimum atomic E-state index is -0.633. The van der Waals surface area contributed by atoms with Crippen LogP contribution in [0.4, 0.5) is 0 Å². The van der Waals surface area contributed by atoms with Crippen LogP contribution in [0.2, 0.25) is 0 Å².